The molecule has 0 bridgehead atoms. The number of ether oxygens (including phenoxy) is 1. The molecule has 122 valence electrons. The molecule has 1 aliphatic heterocycles. The maximum atomic E-state index is 6.11. The molecule has 3 heteroatoms. The lowest BCUT2D eigenvalue weighted by molar-refractivity contribution is 0.0996. The standard InChI is InChI=1S/C19H30N2O/c1-3-14-20-19(21-15-10-5-6-11-16-21)18(22-4-2)17-12-8-7-9-13-17/h7-9,12-13,18H,3-6,10-11,14-16H2,1-2H3. The highest BCUT2D eigenvalue weighted by atomic mass is 16.5. The predicted octanol–water partition coefficient (Wildman–Crippen LogP) is 4.45. The van der Waals surface area contributed by atoms with Crippen LogP contribution in [0, 0.1) is 0 Å². The molecule has 0 saturated carbocycles. The first-order valence-corrected chi connectivity index (χ1v) is 8.82. The van der Waals surface area contributed by atoms with Crippen molar-refractivity contribution in [3.8, 4) is 0 Å². The van der Waals surface area contributed by atoms with Crippen LogP contribution >= 0.6 is 0 Å². The minimum atomic E-state index is -0.0316. The van der Waals surface area contributed by atoms with E-state index in [1.807, 2.05) is 0 Å². The normalized spacial score (nSPS) is 18.1. The third-order valence-electron chi connectivity index (χ3n) is 4.10. The molecule has 0 radical (unpaired) electrons. The van der Waals surface area contributed by atoms with Crippen LogP contribution < -0.4 is 0 Å². The van der Waals surface area contributed by atoms with E-state index in [-0.39, 0.29) is 6.10 Å². The molecule has 1 unspecified atom stereocenters. The molecule has 1 aromatic rings. The number of rotatable bonds is 6. The summed E-state index contributed by atoms with van der Waals surface area (Å²) < 4.78 is 6.11. The van der Waals surface area contributed by atoms with Crippen LogP contribution in [0.25, 0.3) is 0 Å². The van der Waals surface area contributed by atoms with Crippen LogP contribution in [0.2, 0.25) is 0 Å². The molecule has 1 aromatic carbocycles. The molecule has 0 spiro atoms. The maximum absolute atomic E-state index is 6.11. The quantitative estimate of drug-likeness (QED) is 0.573. The minimum absolute atomic E-state index is 0.0316. The first-order chi connectivity index (χ1) is 10.9. The Labute approximate surface area is 135 Å². The van der Waals surface area contributed by atoms with E-state index in [0.29, 0.717) is 6.61 Å². The Balaban J connectivity index is 2.27. The average molecular weight is 302 g/mol. The molecule has 3 nitrogen and oxygen atoms in total. The molecule has 0 aromatic heterocycles. The van der Waals surface area contributed by atoms with Crippen molar-refractivity contribution in [2.24, 2.45) is 4.99 Å². The van der Waals surface area contributed by atoms with Crippen molar-refractivity contribution >= 4 is 5.84 Å². The van der Waals surface area contributed by atoms with Crippen molar-refractivity contribution < 1.29 is 4.74 Å². The van der Waals surface area contributed by atoms with Gasteiger partial charge in [-0.05, 0) is 31.7 Å². The fourth-order valence-corrected chi connectivity index (χ4v) is 2.99. The molecular formula is C19H30N2O. The fraction of sp³-hybridized carbons (Fsp3) is 0.632. The van der Waals surface area contributed by atoms with Gasteiger partial charge in [0.15, 0.2) is 0 Å². The number of amidine groups is 1. The van der Waals surface area contributed by atoms with Gasteiger partial charge in [-0.15, -0.1) is 0 Å². The van der Waals surface area contributed by atoms with Gasteiger partial charge in [-0.3, -0.25) is 4.99 Å². The second-order valence-electron chi connectivity index (χ2n) is 5.89. The van der Waals surface area contributed by atoms with E-state index in [9.17, 15) is 0 Å². The molecule has 1 atom stereocenters. The van der Waals surface area contributed by atoms with Gasteiger partial charge in [0.05, 0.1) is 0 Å². The van der Waals surface area contributed by atoms with Gasteiger partial charge in [0.25, 0.3) is 0 Å². The van der Waals surface area contributed by atoms with Crippen molar-refractivity contribution in [1.82, 2.24) is 4.90 Å². The number of likely N-dealkylation sites (tertiary alicyclic amines) is 1. The predicted molar refractivity (Wildman–Crippen MR) is 93.4 cm³/mol. The first kappa shape index (κ1) is 17.0. The number of hydrogen-bond donors (Lipinski definition) is 0. The largest absolute Gasteiger partial charge is 0.366 e. The smallest absolute Gasteiger partial charge is 0.140 e. The summed E-state index contributed by atoms with van der Waals surface area (Å²) in [7, 11) is 0. The van der Waals surface area contributed by atoms with Crippen molar-refractivity contribution in [1.29, 1.82) is 0 Å². The molecule has 0 amide bonds. The zero-order chi connectivity index (χ0) is 15.6. The van der Waals surface area contributed by atoms with Gasteiger partial charge >= 0.3 is 0 Å². The van der Waals surface area contributed by atoms with Crippen molar-refractivity contribution in [2.75, 3.05) is 26.2 Å². The van der Waals surface area contributed by atoms with E-state index in [2.05, 4.69) is 49.1 Å². The van der Waals surface area contributed by atoms with E-state index in [0.717, 1.165) is 31.9 Å². The highest BCUT2D eigenvalue weighted by molar-refractivity contribution is 5.88. The number of aliphatic imine (C=N–C) groups is 1. The lowest BCUT2D eigenvalue weighted by atomic mass is 10.1. The zero-order valence-electron chi connectivity index (χ0n) is 14.1. The van der Waals surface area contributed by atoms with Gasteiger partial charge in [-0.1, -0.05) is 50.1 Å². The topological polar surface area (TPSA) is 24.8 Å². The summed E-state index contributed by atoms with van der Waals surface area (Å²) >= 11 is 0. The lowest BCUT2D eigenvalue weighted by Gasteiger charge is -2.30. The first-order valence-electron chi connectivity index (χ1n) is 8.82. The molecule has 1 aliphatic rings. The number of nitrogens with zero attached hydrogens (tertiary/aromatic N) is 2. The summed E-state index contributed by atoms with van der Waals surface area (Å²) in [4.78, 5) is 7.39. The highest BCUT2D eigenvalue weighted by Crippen LogP contribution is 2.23. The molecule has 2 rings (SSSR count). The summed E-state index contributed by atoms with van der Waals surface area (Å²) in [6.07, 6.45) is 6.24. The Kier molecular flexibility index (Phi) is 7.44. The minimum Gasteiger partial charge on any atom is -0.366 e. The van der Waals surface area contributed by atoms with E-state index < -0.39 is 0 Å². The van der Waals surface area contributed by atoms with Crippen LogP contribution in [-0.2, 0) is 4.74 Å². The van der Waals surface area contributed by atoms with Crippen LogP contribution in [0.1, 0.15) is 57.6 Å². The SMILES string of the molecule is CCCN=C(C(OCC)c1ccccc1)N1CCCCCC1. The Morgan fingerprint density at radius 2 is 1.77 bits per heavy atom. The number of benzene rings is 1. The van der Waals surface area contributed by atoms with Crippen LogP contribution in [-0.4, -0.2) is 37.0 Å². The van der Waals surface area contributed by atoms with E-state index >= 15 is 0 Å². The monoisotopic (exact) mass is 302 g/mol. The highest BCUT2D eigenvalue weighted by Gasteiger charge is 2.24. The Morgan fingerprint density at radius 1 is 1.09 bits per heavy atom. The van der Waals surface area contributed by atoms with Crippen LogP contribution in [0.4, 0.5) is 0 Å². The van der Waals surface area contributed by atoms with Crippen molar-refractivity contribution in [3.63, 3.8) is 0 Å². The van der Waals surface area contributed by atoms with Crippen LogP contribution in [0.3, 0.4) is 0 Å². The van der Waals surface area contributed by atoms with Crippen molar-refractivity contribution in [2.45, 2.75) is 52.1 Å². The molecular weight excluding hydrogens is 272 g/mol. The summed E-state index contributed by atoms with van der Waals surface area (Å²) in [6, 6.07) is 10.5. The van der Waals surface area contributed by atoms with Gasteiger partial charge in [-0.25, -0.2) is 0 Å². The Bertz CT molecular complexity index is 436. The summed E-state index contributed by atoms with van der Waals surface area (Å²) in [5.41, 5.74) is 1.21. The average Bonchev–Trinajstić information content (AvgIpc) is 2.84. The molecule has 0 N–H and O–H groups in total. The third kappa shape index (κ3) is 4.84. The molecule has 1 heterocycles. The Morgan fingerprint density at radius 3 is 2.36 bits per heavy atom. The lowest BCUT2D eigenvalue weighted by Crippen LogP contribution is -2.37. The van der Waals surface area contributed by atoms with Gasteiger partial charge < -0.3 is 9.64 Å². The van der Waals surface area contributed by atoms with Gasteiger partial charge in [0.2, 0.25) is 0 Å². The molecule has 22 heavy (non-hydrogen) atoms. The second kappa shape index (κ2) is 9.62. The Hall–Kier alpha value is -1.35. The van der Waals surface area contributed by atoms with Gasteiger partial charge in [-0.2, -0.15) is 0 Å². The van der Waals surface area contributed by atoms with Gasteiger partial charge in [0, 0.05) is 26.2 Å². The van der Waals surface area contributed by atoms with E-state index in [4.69, 9.17) is 9.73 Å². The number of hydrogen-bond acceptors (Lipinski definition) is 2. The van der Waals surface area contributed by atoms with E-state index in [1.165, 1.54) is 31.2 Å². The third-order valence-corrected chi connectivity index (χ3v) is 4.10. The molecule has 1 saturated heterocycles. The second-order valence-corrected chi connectivity index (χ2v) is 5.89. The van der Waals surface area contributed by atoms with Crippen molar-refractivity contribution in [3.05, 3.63) is 35.9 Å². The molecule has 0 aliphatic carbocycles. The van der Waals surface area contributed by atoms with Gasteiger partial charge in [0.1, 0.15) is 11.9 Å². The van der Waals surface area contributed by atoms with E-state index in [1.54, 1.807) is 0 Å². The summed E-state index contributed by atoms with van der Waals surface area (Å²) in [5, 5.41) is 0. The van der Waals surface area contributed by atoms with Crippen LogP contribution in [0.5, 0.6) is 0 Å². The van der Waals surface area contributed by atoms with Crippen LogP contribution in [0.15, 0.2) is 35.3 Å². The maximum Gasteiger partial charge on any atom is 0.140 e. The zero-order valence-corrected chi connectivity index (χ0v) is 14.1. The summed E-state index contributed by atoms with van der Waals surface area (Å²) in [6.45, 7) is 8.05. The summed E-state index contributed by atoms with van der Waals surface area (Å²) in [5.74, 6) is 1.14. The molecule has 1 fully saturated rings. The fourth-order valence-electron chi connectivity index (χ4n) is 2.99.